The first-order valence-electron chi connectivity index (χ1n) is 2.49. The smallest absolute Gasteiger partial charge is 0.00206 e. The highest BCUT2D eigenvalue weighted by atomic mass is 13.9. The van der Waals surface area contributed by atoms with Crippen LogP contribution in [0.25, 0.3) is 0 Å². The zero-order valence-corrected chi connectivity index (χ0v) is 4.99. The molecule has 0 rings (SSSR count). The lowest BCUT2D eigenvalue weighted by Crippen LogP contribution is -1.77. The topological polar surface area (TPSA) is 0 Å². The third-order valence-corrected chi connectivity index (χ3v) is 0.906. The second-order valence-electron chi connectivity index (χ2n) is 1.55. The van der Waals surface area contributed by atoms with Crippen molar-refractivity contribution in [2.45, 2.75) is 20.3 Å². The zero-order valence-electron chi connectivity index (χ0n) is 4.99. The van der Waals surface area contributed by atoms with Crippen LogP contribution in [0.2, 0.25) is 0 Å². The van der Waals surface area contributed by atoms with Gasteiger partial charge in [0.1, 0.15) is 0 Å². The van der Waals surface area contributed by atoms with E-state index in [1.807, 2.05) is 6.08 Å². The Morgan fingerprint density at radius 1 is 1.86 bits per heavy atom. The van der Waals surface area contributed by atoms with Crippen molar-refractivity contribution in [1.29, 1.82) is 0 Å². The molecule has 0 saturated carbocycles. The van der Waals surface area contributed by atoms with Crippen molar-refractivity contribution < 1.29 is 0 Å². The minimum Gasteiger partial charge on any atom is -0.132 e. The van der Waals surface area contributed by atoms with E-state index in [9.17, 15) is 0 Å². The molecule has 0 spiro atoms. The molecule has 0 nitrogen and oxygen atoms in total. The normalized spacial score (nSPS) is 8.43. The SMILES string of the molecule is C=C=C[C](C)CC. The van der Waals surface area contributed by atoms with Gasteiger partial charge in [-0.1, -0.05) is 20.4 Å². The summed E-state index contributed by atoms with van der Waals surface area (Å²) in [4.78, 5) is 0. The Labute approximate surface area is 45.5 Å². The number of hydrogen-bond acceptors (Lipinski definition) is 0. The minimum absolute atomic E-state index is 1.10. The summed E-state index contributed by atoms with van der Waals surface area (Å²) in [6.45, 7) is 7.63. The molecule has 0 aromatic rings. The summed E-state index contributed by atoms with van der Waals surface area (Å²) in [5.74, 6) is 1.33. The van der Waals surface area contributed by atoms with E-state index in [0.717, 1.165) is 6.42 Å². The van der Waals surface area contributed by atoms with E-state index >= 15 is 0 Å². The molecule has 0 heteroatoms. The van der Waals surface area contributed by atoms with Crippen LogP contribution in [0.4, 0.5) is 0 Å². The van der Waals surface area contributed by atoms with Crippen LogP contribution in [0.1, 0.15) is 20.3 Å². The number of hydrogen-bond donors (Lipinski definition) is 0. The van der Waals surface area contributed by atoms with E-state index in [2.05, 4.69) is 26.2 Å². The average molecular weight is 95.2 g/mol. The van der Waals surface area contributed by atoms with Gasteiger partial charge < -0.3 is 0 Å². The van der Waals surface area contributed by atoms with Gasteiger partial charge in [-0.25, -0.2) is 0 Å². The third-order valence-electron chi connectivity index (χ3n) is 0.906. The van der Waals surface area contributed by atoms with Crippen LogP contribution in [-0.2, 0) is 0 Å². The van der Waals surface area contributed by atoms with E-state index in [4.69, 9.17) is 0 Å². The predicted octanol–water partition coefficient (Wildman–Crippen LogP) is 2.33. The Kier molecular flexibility index (Phi) is 3.45. The summed E-state index contributed by atoms with van der Waals surface area (Å²) in [7, 11) is 0. The largest absolute Gasteiger partial charge is 0.132 e. The van der Waals surface area contributed by atoms with Crippen molar-refractivity contribution in [3.8, 4) is 0 Å². The quantitative estimate of drug-likeness (QED) is 0.462. The Bertz CT molecular complexity index is 76.0. The molecule has 0 aromatic carbocycles. The molecule has 0 aliphatic carbocycles. The van der Waals surface area contributed by atoms with Gasteiger partial charge in [-0.2, -0.15) is 0 Å². The molecule has 7 heavy (non-hydrogen) atoms. The van der Waals surface area contributed by atoms with Crippen molar-refractivity contribution in [3.63, 3.8) is 0 Å². The standard InChI is InChI=1S/C7H11/c1-4-6-7(3)5-2/h6H,1,5H2,2-3H3. The lowest BCUT2D eigenvalue weighted by Gasteiger charge is -1.92. The van der Waals surface area contributed by atoms with Gasteiger partial charge in [0, 0.05) is 5.92 Å². The molecule has 0 N–H and O–H groups in total. The van der Waals surface area contributed by atoms with Crippen LogP contribution >= 0.6 is 0 Å². The Balaban J connectivity index is 3.35. The second kappa shape index (κ2) is 3.70. The van der Waals surface area contributed by atoms with E-state index in [1.54, 1.807) is 0 Å². The molecule has 0 aromatic heterocycles. The first-order chi connectivity index (χ1) is 3.31. The molecule has 0 amide bonds. The molecule has 39 valence electrons. The maximum Gasteiger partial charge on any atom is 0.00206 e. The van der Waals surface area contributed by atoms with Crippen molar-refractivity contribution in [2.24, 2.45) is 0 Å². The average Bonchev–Trinajstić information content (AvgIpc) is 1.68. The van der Waals surface area contributed by atoms with Crippen LogP contribution in [-0.4, -0.2) is 0 Å². The third kappa shape index (κ3) is 3.35. The molecule has 0 atom stereocenters. The van der Waals surface area contributed by atoms with Gasteiger partial charge >= 0.3 is 0 Å². The van der Waals surface area contributed by atoms with Gasteiger partial charge in [-0.15, -0.1) is 5.73 Å². The monoisotopic (exact) mass is 95.1 g/mol. The van der Waals surface area contributed by atoms with Crippen molar-refractivity contribution in [3.05, 3.63) is 24.3 Å². The van der Waals surface area contributed by atoms with Gasteiger partial charge in [0.2, 0.25) is 0 Å². The lowest BCUT2D eigenvalue weighted by atomic mass is 10.1. The van der Waals surface area contributed by atoms with Gasteiger partial charge in [0.05, 0.1) is 0 Å². The fourth-order valence-electron chi connectivity index (χ4n) is 0.276. The fraction of sp³-hybridized carbons (Fsp3) is 0.429. The summed E-state index contributed by atoms with van der Waals surface area (Å²) in [6.07, 6.45) is 3.00. The first kappa shape index (κ1) is 6.52. The van der Waals surface area contributed by atoms with Crippen molar-refractivity contribution in [2.75, 3.05) is 0 Å². The van der Waals surface area contributed by atoms with Crippen LogP contribution in [0, 0.1) is 5.92 Å². The van der Waals surface area contributed by atoms with Crippen LogP contribution < -0.4 is 0 Å². The maximum atomic E-state index is 3.45. The molecular formula is C7H11. The van der Waals surface area contributed by atoms with Gasteiger partial charge in [-0.05, 0) is 12.5 Å². The lowest BCUT2D eigenvalue weighted by molar-refractivity contribution is 0.987. The van der Waals surface area contributed by atoms with Crippen LogP contribution in [0.5, 0.6) is 0 Å². The highest BCUT2D eigenvalue weighted by Gasteiger charge is 1.87. The van der Waals surface area contributed by atoms with E-state index in [-0.39, 0.29) is 0 Å². The molecule has 0 unspecified atom stereocenters. The highest BCUT2D eigenvalue weighted by Crippen LogP contribution is 2.02. The van der Waals surface area contributed by atoms with Crippen LogP contribution in [0.3, 0.4) is 0 Å². The molecule has 0 fully saturated rings. The Hall–Kier alpha value is -0.480. The molecule has 0 aliphatic rings. The fourth-order valence-corrected chi connectivity index (χ4v) is 0.276. The molecule has 0 aliphatic heterocycles. The Morgan fingerprint density at radius 2 is 2.43 bits per heavy atom. The highest BCUT2D eigenvalue weighted by molar-refractivity contribution is 5.03. The summed E-state index contributed by atoms with van der Waals surface area (Å²) in [6, 6.07) is 0. The van der Waals surface area contributed by atoms with Crippen LogP contribution in [0.15, 0.2) is 18.4 Å². The number of allylic oxidation sites excluding steroid dienone is 1. The molecular weight excluding hydrogens is 84.1 g/mol. The Morgan fingerprint density at radius 3 is 2.57 bits per heavy atom. The summed E-state index contributed by atoms with van der Waals surface area (Å²) < 4.78 is 0. The number of rotatable bonds is 2. The van der Waals surface area contributed by atoms with Crippen molar-refractivity contribution >= 4 is 0 Å². The predicted molar refractivity (Wildman–Crippen MR) is 32.9 cm³/mol. The van der Waals surface area contributed by atoms with E-state index in [0.29, 0.717) is 0 Å². The molecule has 0 saturated heterocycles. The van der Waals surface area contributed by atoms with Crippen molar-refractivity contribution in [1.82, 2.24) is 0 Å². The molecule has 0 bridgehead atoms. The second-order valence-corrected chi connectivity index (χ2v) is 1.55. The van der Waals surface area contributed by atoms with Gasteiger partial charge in [0.25, 0.3) is 0 Å². The summed E-state index contributed by atoms with van der Waals surface area (Å²) in [5, 5.41) is 0. The van der Waals surface area contributed by atoms with Gasteiger partial charge in [-0.3, -0.25) is 0 Å². The zero-order chi connectivity index (χ0) is 5.70. The molecule has 0 heterocycles. The summed E-state index contributed by atoms with van der Waals surface area (Å²) in [5.41, 5.74) is 2.71. The maximum absolute atomic E-state index is 3.45. The molecule has 1 radical (unpaired) electrons. The van der Waals surface area contributed by atoms with E-state index in [1.165, 1.54) is 5.92 Å². The van der Waals surface area contributed by atoms with Gasteiger partial charge in [0.15, 0.2) is 0 Å². The summed E-state index contributed by atoms with van der Waals surface area (Å²) >= 11 is 0. The van der Waals surface area contributed by atoms with E-state index < -0.39 is 0 Å². The minimum atomic E-state index is 1.10. The first-order valence-corrected chi connectivity index (χ1v) is 2.49.